The second-order valence-corrected chi connectivity index (χ2v) is 4.41. The summed E-state index contributed by atoms with van der Waals surface area (Å²) in [5.74, 6) is -0.661. The van der Waals surface area contributed by atoms with Crippen molar-refractivity contribution in [2.45, 2.75) is 25.6 Å². The van der Waals surface area contributed by atoms with Crippen molar-refractivity contribution in [3.05, 3.63) is 28.8 Å². The molecule has 0 unspecified atom stereocenters. The number of hydroxylamine groups is 1. The molecule has 112 valence electrons. The van der Waals surface area contributed by atoms with Gasteiger partial charge in [-0.05, 0) is 25.1 Å². The summed E-state index contributed by atoms with van der Waals surface area (Å²) in [5, 5.41) is 0.158. The van der Waals surface area contributed by atoms with Crippen molar-refractivity contribution in [2.75, 3.05) is 7.11 Å². The Morgan fingerprint density at radius 1 is 1.45 bits per heavy atom. The second kappa shape index (κ2) is 6.81. The zero-order chi connectivity index (χ0) is 15.3. The fourth-order valence-electron chi connectivity index (χ4n) is 1.44. The third-order valence-corrected chi connectivity index (χ3v) is 2.52. The normalized spacial score (nSPS) is 12.9. The van der Waals surface area contributed by atoms with Crippen molar-refractivity contribution in [3.8, 4) is 5.75 Å². The summed E-state index contributed by atoms with van der Waals surface area (Å²) < 4.78 is 42.6. The van der Waals surface area contributed by atoms with E-state index in [1.54, 1.807) is 0 Å². The largest absolute Gasteiger partial charge is 0.481 e. The molecule has 4 nitrogen and oxygen atoms in total. The Morgan fingerprint density at radius 2 is 2.10 bits per heavy atom. The first kappa shape index (κ1) is 16.6. The van der Waals surface area contributed by atoms with Crippen LogP contribution in [0.1, 0.15) is 12.5 Å². The summed E-state index contributed by atoms with van der Waals surface area (Å²) in [4.78, 5) is 15.8. The van der Waals surface area contributed by atoms with Crippen LogP contribution in [0.4, 0.5) is 13.2 Å². The number of halogens is 4. The van der Waals surface area contributed by atoms with E-state index in [2.05, 4.69) is 4.84 Å². The van der Waals surface area contributed by atoms with E-state index >= 15 is 0 Å². The number of carbonyl (C=O) groups excluding carboxylic acids is 1. The summed E-state index contributed by atoms with van der Waals surface area (Å²) in [6, 6.07) is 3.84. The van der Waals surface area contributed by atoms with Gasteiger partial charge >= 0.3 is 6.18 Å². The monoisotopic (exact) mass is 311 g/mol. The van der Waals surface area contributed by atoms with Gasteiger partial charge in [-0.2, -0.15) is 13.2 Å². The molecule has 0 fully saturated rings. The predicted molar refractivity (Wildman–Crippen MR) is 66.5 cm³/mol. The standard InChI is InChI=1S/C12H13ClF3NO3/c1-7(11(18)17-19-2)20-10-4-3-9(13)5-8(10)6-12(14,15)16/h3-5,7H,6H2,1-2H3,(H,17,18)/t7-/m0/s1. The Bertz CT molecular complexity index is 480. The lowest BCUT2D eigenvalue weighted by Crippen LogP contribution is -2.35. The Kier molecular flexibility index (Phi) is 5.64. The SMILES string of the molecule is CONC(=O)[C@H](C)Oc1ccc(Cl)cc1CC(F)(F)F. The van der Waals surface area contributed by atoms with Crippen LogP contribution in [0, 0.1) is 0 Å². The molecule has 8 heteroatoms. The van der Waals surface area contributed by atoms with Crippen LogP contribution in [0.25, 0.3) is 0 Å². The highest BCUT2D eigenvalue weighted by Gasteiger charge is 2.30. The molecule has 0 aliphatic rings. The van der Waals surface area contributed by atoms with Gasteiger partial charge in [0, 0.05) is 10.6 Å². The second-order valence-electron chi connectivity index (χ2n) is 3.97. The minimum Gasteiger partial charge on any atom is -0.481 e. The molecule has 1 atom stereocenters. The number of rotatable bonds is 5. The number of hydrogen-bond donors (Lipinski definition) is 1. The number of hydrogen-bond acceptors (Lipinski definition) is 3. The van der Waals surface area contributed by atoms with Crippen LogP contribution >= 0.6 is 11.6 Å². The van der Waals surface area contributed by atoms with Gasteiger partial charge in [-0.1, -0.05) is 11.6 Å². The minimum absolute atomic E-state index is 0.0505. The molecule has 20 heavy (non-hydrogen) atoms. The maximum atomic E-state index is 12.5. The molecule has 0 radical (unpaired) electrons. The molecular weight excluding hydrogens is 299 g/mol. The Hall–Kier alpha value is -1.47. The van der Waals surface area contributed by atoms with Gasteiger partial charge in [0.2, 0.25) is 0 Å². The molecule has 1 N–H and O–H groups in total. The van der Waals surface area contributed by atoms with Crippen LogP contribution in [0.2, 0.25) is 5.02 Å². The van der Waals surface area contributed by atoms with Gasteiger partial charge in [0.05, 0.1) is 13.5 Å². The van der Waals surface area contributed by atoms with E-state index in [9.17, 15) is 18.0 Å². The van der Waals surface area contributed by atoms with Crippen molar-refractivity contribution in [3.63, 3.8) is 0 Å². The first-order valence-electron chi connectivity index (χ1n) is 5.57. The van der Waals surface area contributed by atoms with Crippen molar-refractivity contribution in [2.24, 2.45) is 0 Å². The molecule has 0 saturated heterocycles. The van der Waals surface area contributed by atoms with Gasteiger partial charge in [-0.15, -0.1) is 0 Å². The van der Waals surface area contributed by atoms with E-state index in [0.717, 1.165) is 6.07 Å². The molecule has 0 aromatic heterocycles. The molecule has 0 spiro atoms. The number of alkyl halides is 3. The highest BCUT2D eigenvalue weighted by Crippen LogP contribution is 2.30. The molecule has 1 aromatic rings. The zero-order valence-corrected chi connectivity index (χ0v) is 11.5. The first-order chi connectivity index (χ1) is 9.23. The molecule has 0 bridgehead atoms. The first-order valence-corrected chi connectivity index (χ1v) is 5.95. The van der Waals surface area contributed by atoms with Crippen LogP contribution in [0.5, 0.6) is 5.75 Å². The van der Waals surface area contributed by atoms with E-state index < -0.39 is 24.6 Å². The average molecular weight is 312 g/mol. The third kappa shape index (κ3) is 5.26. The fraction of sp³-hybridized carbons (Fsp3) is 0.417. The smallest absolute Gasteiger partial charge is 0.393 e. The number of benzene rings is 1. The molecular formula is C12H13ClF3NO3. The van der Waals surface area contributed by atoms with Gasteiger partial charge in [0.15, 0.2) is 6.10 Å². The number of ether oxygens (including phenoxy) is 1. The molecule has 1 amide bonds. The van der Waals surface area contributed by atoms with E-state index in [1.807, 2.05) is 5.48 Å². The highest BCUT2D eigenvalue weighted by molar-refractivity contribution is 6.30. The van der Waals surface area contributed by atoms with Crippen LogP contribution in [-0.2, 0) is 16.1 Å². The number of amides is 1. The van der Waals surface area contributed by atoms with Gasteiger partial charge in [0.25, 0.3) is 5.91 Å². The summed E-state index contributed by atoms with van der Waals surface area (Å²) >= 11 is 5.67. The maximum Gasteiger partial charge on any atom is 0.393 e. The summed E-state index contributed by atoms with van der Waals surface area (Å²) in [5.41, 5.74) is 1.90. The van der Waals surface area contributed by atoms with Crippen molar-refractivity contribution in [1.29, 1.82) is 0 Å². The Balaban J connectivity index is 2.91. The fourth-order valence-corrected chi connectivity index (χ4v) is 1.64. The van der Waals surface area contributed by atoms with E-state index in [1.165, 1.54) is 26.2 Å². The lowest BCUT2D eigenvalue weighted by Gasteiger charge is -2.17. The molecule has 0 aliphatic heterocycles. The molecule has 1 rings (SSSR count). The van der Waals surface area contributed by atoms with Gasteiger partial charge in [-0.25, -0.2) is 5.48 Å². The van der Waals surface area contributed by atoms with Crippen molar-refractivity contribution in [1.82, 2.24) is 5.48 Å². The third-order valence-electron chi connectivity index (χ3n) is 2.29. The zero-order valence-electron chi connectivity index (χ0n) is 10.8. The summed E-state index contributed by atoms with van der Waals surface area (Å²) in [6.45, 7) is 1.39. The summed E-state index contributed by atoms with van der Waals surface area (Å²) in [7, 11) is 1.24. The Morgan fingerprint density at radius 3 is 2.65 bits per heavy atom. The molecule has 0 heterocycles. The molecule has 1 aromatic carbocycles. The predicted octanol–water partition coefficient (Wildman–Crippen LogP) is 2.89. The average Bonchev–Trinajstić information content (AvgIpc) is 2.30. The van der Waals surface area contributed by atoms with Crippen molar-refractivity contribution >= 4 is 17.5 Å². The van der Waals surface area contributed by atoms with E-state index in [4.69, 9.17) is 16.3 Å². The highest BCUT2D eigenvalue weighted by atomic mass is 35.5. The van der Waals surface area contributed by atoms with E-state index in [-0.39, 0.29) is 16.3 Å². The van der Waals surface area contributed by atoms with Crippen LogP contribution in [0.15, 0.2) is 18.2 Å². The van der Waals surface area contributed by atoms with Crippen molar-refractivity contribution < 1.29 is 27.5 Å². The lowest BCUT2D eigenvalue weighted by molar-refractivity contribution is -0.137. The van der Waals surface area contributed by atoms with Gasteiger partial charge in [0.1, 0.15) is 5.75 Å². The lowest BCUT2D eigenvalue weighted by atomic mass is 10.1. The van der Waals surface area contributed by atoms with Gasteiger partial charge in [-0.3, -0.25) is 9.63 Å². The molecule has 0 aliphatic carbocycles. The van der Waals surface area contributed by atoms with Crippen LogP contribution in [-0.4, -0.2) is 25.3 Å². The topological polar surface area (TPSA) is 47.6 Å². The molecule has 0 saturated carbocycles. The maximum absolute atomic E-state index is 12.5. The van der Waals surface area contributed by atoms with Gasteiger partial charge < -0.3 is 4.74 Å². The quantitative estimate of drug-likeness (QED) is 0.851. The van der Waals surface area contributed by atoms with Crippen LogP contribution < -0.4 is 10.2 Å². The van der Waals surface area contributed by atoms with E-state index in [0.29, 0.717) is 0 Å². The summed E-state index contributed by atoms with van der Waals surface area (Å²) in [6.07, 6.45) is -6.61. The minimum atomic E-state index is -4.40. The van der Waals surface area contributed by atoms with Crippen LogP contribution in [0.3, 0.4) is 0 Å². The Labute approximate surface area is 118 Å². The number of carbonyl (C=O) groups is 1. The number of nitrogens with one attached hydrogen (secondary N) is 1.